The van der Waals surface area contributed by atoms with Crippen molar-refractivity contribution in [2.75, 3.05) is 7.11 Å². The third-order valence-electron chi connectivity index (χ3n) is 0.126. The molecule has 0 aromatic rings. The molecule has 4 nitrogen and oxygen atoms in total. The average molecular weight is 112 g/mol. The van der Waals surface area contributed by atoms with E-state index in [4.69, 9.17) is 5.26 Å². The molecule has 0 saturated heterocycles. The molecule has 0 unspecified atom stereocenters. The Kier molecular flexibility index (Phi) is 5.35. The summed E-state index contributed by atoms with van der Waals surface area (Å²) in [6.07, 6.45) is 0. The molecule has 0 aliphatic heterocycles. The van der Waals surface area contributed by atoms with E-state index in [0.29, 0.717) is 12.3 Å². The molecule has 0 aliphatic rings. The molecule has 0 aromatic heterocycles. The van der Waals surface area contributed by atoms with Crippen LogP contribution >= 0.6 is 12.3 Å². The maximum absolute atomic E-state index is 7.37. The van der Waals surface area contributed by atoms with Gasteiger partial charge in [0.15, 0.2) is 12.3 Å². The van der Waals surface area contributed by atoms with Gasteiger partial charge in [0.05, 0.1) is 7.11 Å². The minimum Gasteiger partial charge on any atom is -0.293 e. The third-order valence-corrected chi connectivity index (χ3v) is 0.379. The summed E-state index contributed by atoms with van der Waals surface area (Å²) in [5, 5.41) is 10.5. The second kappa shape index (κ2) is 5.19. The summed E-state index contributed by atoms with van der Waals surface area (Å²) in [5.41, 5.74) is 0. The van der Waals surface area contributed by atoms with E-state index < -0.39 is 0 Å². The molecule has 0 aromatic carbocycles. The second-order valence-corrected chi connectivity index (χ2v) is 0.983. The van der Waals surface area contributed by atoms with Crippen LogP contribution in [0.2, 0.25) is 0 Å². The molecule has 0 heterocycles. The maximum atomic E-state index is 7.37. The Morgan fingerprint density at radius 3 is 2.50 bits per heavy atom. The Hall–Kier alpha value is 0.190. The van der Waals surface area contributed by atoms with Crippen molar-refractivity contribution < 1.29 is 18.8 Å². The highest BCUT2D eigenvalue weighted by Gasteiger charge is 1.77. The molecule has 0 fully saturated rings. The molecule has 0 saturated carbocycles. The van der Waals surface area contributed by atoms with E-state index in [1.807, 2.05) is 0 Å². The van der Waals surface area contributed by atoms with Gasteiger partial charge in [0.1, 0.15) is 0 Å². The molecule has 0 bridgehead atoms. The highest BCUT2D eigenvalue weighted by atomic mass is 32.2. The van der Waals surface area contributed by atoms with Crippen LogP contribution in [0.3, 0.4) is 0 Å². The van der Waals surface area contributed by atoms with Crippen LogP contribution in [0, 0.1) is 0 Å². The van der Waals surface area contributed by atoms with E-state index in [1.165, 1.54) is 7.11 Å². The Morgan fingerprint density at radius 2 is 2.33 bits per heavy atom. The number of hydrogen-bond donors (Lipinski definition) is 1. The first kappa shape index (κ1) is 6.19. The standard InChI is InChI=1S/CH4O4S/c1-3-6-5-4-2/h2H,1H3. The molecular formula is CH4O4S. The van der Waals surface area contributed by atoms with Crippen molar-refractivity contribution in [1.29, 1.82) is 0 Å². The molecule has 0 rings (SSSR count). The number of rotatable bonds is 3. The van der Waals surface area contributed by atoms with Gasteiger partial charge in [-0.2, -0.15) is 0 Å². The molecule has 0 aliphatic carbocycles. The lowest BCUT2D eigenvalue weighted by molar-refractivity contribution is -0.434. The Balaban J connectivity index is 2.34. The minimum atomic E-state index is 0.536. The van der Waals surface area contributed by atoms with E-state index in [-0.39, 0.29) is 0 Å². The van der Waals surface area contributed by atoms with Crippen molar-refractivity contribution in [1.82, 2.24) is 0 Å². The predicted molar refractivity (Wildman–Crippen MR) is 19.4 cm³/mol. The zero-order chi connectivity index (χ0) is 4.83. The van der Waals surface area contributed by atoms with Gasteiger partial charge < -0.3 is 0 Å². The van der Waals surface area contributed by atoms with Crippen LogP contribution in [0.4, 0.5) is 0 Å². The van der Waals surface area contributed by atoms with E-state index in [2.05, 4.69) is 13.6 Å². The Labute approximate surface area is 39.3 Å². The van der Waals surface area contributed by atoms with Crippen LogP contribution in [0.5, 0.6) is 0 Å². The quantitative estimate of drug-likeness (QED) is 0.251. The van der Waals surface area contributed by atoms with Crippen molar-refractivity contribution in [3.8, 4) is 0 Å². The van der Waals surface area contributed by atoms with Gasteiger partial charge >= 0.3 is 0 Å². The van der Waals surface area contributed by atoms with E-state index in [1.54, 1.807) is 0 Å². The first-order valence-electron chi connectivity index (χ1n) is 1.09. The lowest BCUT2D eigenvalue weighted by Crippen LogP contribution is -1.75. The van der Waals surface area contributed by atoms with Crippen molar-refractivity contribution in [2.45, 2.75) is 0 Å². The lowest BCUT2D eigenvalue weighted by Gasteiger charge is -1.86. The van der Waals surface area contributed by atoms with Crippen molar-refractivity contribution in [3.63, 3.8) is 0 Å². The monoisotopic (exact) mass is 112 g/mol. The van der Waals surface area contributed by atoms with Crippen LogP contribution in [0.15, 0.2) is 0 Å². The Bertz CT molecular complexity index is 19.5. The fourth-order valence-electron chi connectivity index (χ4n) is 0.0402. The van der Waals surface area contributed by atoms with Crippen LogP contribution in [0.25, 0.3) is 0 Å². The van der Waals surface area contributed by atoms with Gasteiger partial charge in [-0.1, -0.05) is 5.04 Å². The smallest absolute Gasteiger partial charge is 0.197 e. The first-order valence-corrected chi connectivity index (χ1v) is 1.76. The highest BCUT2D eigenvalue weighted by molar-refractivity contribution is 7.89. The summed E-state index contributed by atoms with van der Waals surface area (Å²) in [6.45, 7) is 0. The topological polar surface area (TPSA) is 47.9 Å². The van der Waals surface area contributed by atoms with Gasteiger partial charge in [-0.3, -0.25) is 4.18 Å². The van der Waals surface area contributed by atoms with Gasteiger partial charge in [-0.05, 0) is 0 Å². The maximum Gasteiger partial charge on any atom is 0.197 e. The zero-order valence-electron chi connectivity index (χ0n) is 3.08. The van der Waals surface area contributed by atoms with E-state index in [0.717, 1.165) is 0 Å². The van der Waals surface area contributed by atoms with Gasteiger partial charge in [-0.25, -0.2) is 5.26 Å². The van der Waals surface area contributed by atoms with Gasteiger partial charge in [0, 0.05) is 0 Å². The van der Waals surface area contributed by atoms with Gasteiger partial charge in [0.25, 0.3) is 0 Å². The van der Waals surface area contributed by atoms with Crippen LogP contribution in [0.1, 0.15) is 0 Å². The Morgan fingerprint density at radius 1 is 1.67 bits per heavy atom. The van der Waals surface area contributed by atoms with Gasteiger partial charge in [0.2, 0.25) is 0 Å². The van der Waals surface area contributed by atoms with Crippen molar-refractivity contribution in [2.24, 2.45) is 0 Å². The van der Waals surface area contributed by atoms with Gasteiger partial charge in [-0.15, -0.1) is 4.33 Å². The highest BCUT2D eigenvalue weighted by Crippen LogP contribution is 1.98. The minimum absolute atomic E-state index is 0.536. The first-order chi connectivity index (χ1) is 2.91. The summed E-state index contributed by atoms with van der Waals surface area (Å²) in [6, 6.07) is 0. The third kappa shape index (κ3) is 4.19. The molecule has 1 N–H and O–H groups in total. The van der Waals surface area contributed by atoms with Crippen molar-refractivity contribution in [3.05, 3.63) is 0 Å². The molecule has 0 spiro atoms. The summed E-state index contributed by atoms with van der Waals surface area (Å²) in [7, 11) is 1.38. The predicted octanol–water partition coefficient (Wildman–Crippen LogP) is 0.617. The fourth-order valence-corrected chi connectivity index (χ4v) is 0.121. The number of hydrogen-bond acceptors (Lipinski definition) is 5. The summed E-state index contributed by atoms with van der Waals surface area (Å²) in [4.78, 5) is 0. The fraction of sp³-hybridized carbons (Fsp3) is 1.00. The molecule has 6 heavy (non-hydrogen) atoms. The van der Waals surface area contributed by atoms with Crippen LogP contribution in [-0.2, 0) is 13.6 Å². The molecule has 0 atom stereocenters. The van der Waals surface area contributed by atoms with E-state index >= 15 is 0 Å². The van der Waals surface area contributed by atoms with Crippen molar-refractivity contribution >= 4 is 12.3 Å². The normalized spacial score (nSPS) is 9.00. The lowest BCUT2D eigenvalue weighted by atomic mass is 11.8. The van der Waals surface area contributed by atoms with E-state index in [9.17, 15) is 0 Å². The summed E-state index contributed by atoms with van der Waals surface area (Å²) < 4.78 is 7.92. The molecule has 5 heteroatoms. The molecular weight excluding hydrogens is 108 g/mol. The molecule has 38 valence electrons. The second-order valence-electron chi connectivity index (χ2n) is 0.377. The molecule has 0 radical (unpaired) electrons. The average Bonchev–Trinajstić information content (AvgIpc) is 1.61. The van der Waals surface area contributed by atoms with Crippen LogP contribution in [-0.4, -0.2) is 12.4 Å². The summed E-state index contributed by atoms with van der Waals surface area (Å²) >= 11 is 0.536. The molecule has 0 amide bonds. The SMILES string of the molecule is COSOOO. The zero-order valence-corrected chi connectivity index (χ0v) is 3.90. The summed E-state index contributed by atoms with van der Waals surface area (Å²) in [5.74, 6) is 0. The van der Waals surface area contributed by atoms with Crippen LogP contribution < -0.4 is 0 Å². The largest absolute Gasteiger partial charge is 0.293 e.